The first kappa shape index (κ1) is 12.5. The number of allylic oxidation sites excluding steroid dienone is 4. The highest BCUT2D eigenvalue weighted by molar-refractivity contribution is 4.95. The lowest BCUT2D eigenvalue weighted by molar-refractivity contribution is 0.356. The van der Waals surface area contributed by atoms with Gasteiger partial charge in [-0.1, -0.05) is 44.1 Å². The van der Waals surface area contributed by atoms with Crippen molar-refractivity contribution in [2.75, 3.05) is 0 Å². The Labute approximate surface area is 95.5 Å². The minimum absolute atomic E-state index is 0.871. The predicted octanol–water partition coefficient (Wildman–Crippen LogP) is 5.12. The standard InChI is InChI=1S/C15H26/c1-3-5-6-7-9-15-12-10-14(8-4-2)11-13-15/h4,7-9,14-15H,3,5-6,10-13H2,1-2H3/b8-4+,9-7+. The molecule has 0 bridgehead atoms. The van der Waals surface area contributed by atoms with Gasteiger partial charge in [0, 0.05) is 0 Å². The summed E-state index contributed by atoms with van der Waals surface area (Å²) in [7, 11) is 0. The first-order chi connectivity index (χ1) is 7.36. The molecule has 0 unspecified atom stereocenters. The van der Waals surface area contributed by atoms with Crippen molar-refractivity contribution < 1.29 is 0 Å². The van der Waals surface area contributed by atoms with Crippen LogP contribution in [0.1, 0.15) is 58.8 Å². The molecule has 0 N–H and O–H groups in total. The maximum atomic E-state index is 2.47. The molecule has 15 heavy (non-hydrogen) atoms. The fourth-order valence-corrected chi connectivity index (χ4v) is 2.41. The average molecular weight is 206 g/mol. The van der Waals surface area contributed by atoms with Gasteiger partial charge in [0.05, 0.1) is 0 Å². The van der Waals surface area contributed by atoms with Crippen molar-refractivity contribution in [3.8, 4) is 0 Å². The Balaban J connectivity index is 2.16. The summed E-state index contributed by atoms with van der Waals surface area (Å²) in [5.41, 5.74) is 0. The van der Waals surface area contributed by atoms with E-state index in [4.69, 9.17) is 0 Å². The molecule has 0 heteroatoms. The van der Waals surface area contributed by atoms with Crippen LogP contribution in [-0.2, 0) is 0 Å². The lowest BCUT2D eigenvalue weighted by Crippen LogP contribution is -2.11. The average Bonchev–Trinajstić information content (AvgIpc) is 2.27. The van der Waals surface area contributed by atoms with Gasteiger partial charge in [0.1, 0.15) is 0 Å². The molecule has 0 atom stereocenters. The Kier molecular flexibility index (Phi) is 6.47. The molecule has 0 amide bonds. The summed E-state index contributed by atoms with van der Waals surface area (Å²) in [6, 6.07) is 0. The summed E-state index contributed by atoms with van der Waals surface area (Å²) in [4.78, 5) is 0. The summed E-state index contributed by atoms with van der Waals surface area (Å²) < 4.78 is 0. The van der Waals surface area contributed by atoms with E-state index >= 15 is 0 Å². The molecule has 0 aromatic carbocycles. The Hall–Kier alpha value is -0.520. The summed E-state index contributed by atoms with van der Waals surface area (Å²) >= 11 is 0. The van der Waals surface area contributed by atoms with E-state index in [0.29, 0.717) is 0 Å². The first-order valence-corrected chi connectivity index (χ1v) is 6.66. The minimum atomic E-state index is 0.871. The van der Waals surface area contributed by atoms with Gasteiger partial charge in [0.25, 0.3) is 0 Å². The normalized spacial score (nSPS) is 27.9. The molecule has 1 rings (SSSR count). The quantitative estimate of drug-likeness (QED) is 0.433. The lowest BCUT2D eigenvalue weighted by atomic mass is 9.81. The molecular weight excluding hydrogens is 180 g/mol. The second kappa shape index (κ2) is 7.73. The van der Waals surface area contributed by atoms with Crippen LogP contribution < -0.4 is 0 Å². The zero-order chi connectivity index (χ0) is 10.9. The van der Waals surface area contributed by atoms with E-state index in [1.54, 1.807) is 0 Å². The maximum absolute atomic E-state index is 2.47. The van der Waals surface area contributed by atoms with E-state index in [1.165, 1.54) is 44.9 Å². The molecule has 0 nitrogen and oxygen atoms in total. The molecule has 0 spiro atoms. The highest BCUT2D eigenvalue weighted by atomic mass is 14.2. The summed E-state index contributed by atoms with van der Waals surface area (Å²) in [6.07, 6.45) is 19.0. The third kappa shape index (κ3) is 5.20. The molecule has 0 heterocycles. The second-order valence-electron chi connectivity index (χ2n) is 4.77. The van der Waals surface area contributed by atoms with E-state index in [1.807, 2.05) is 0 Å². The predicted molar refractivity (Wildman–Crippen MR) is 68.9 cm³/mol. The van der Waals surface area contributed by atoms with Gasteiger partial charge in [-0.05, 0) is 50.9 Å². The van der Waals surface area contributed by atoms with Crippen LogP contribution in [0.5, 0.6) is 0 Å². The Morgan fingerprint density at radius 2 is 1.60 bits per heavy atom. The van der Waals surface area contributed by atoms with Gasteiger partial charge in [0.2, 0.25) is 0 Å². The monoisotopic (exact) mass is 206 g/mol. The molecule has 86 valence electrons. The Morgan fingerprint density at radius 1 is 1.00 bits per heavy atom. The van der Waals surface area contributed by atoms with E-state index in [0.717, 1.165) is 11.8 Å². The van der Waals surface area contributed by atoms with Gasteiger partial charge in [-0.15, -0.1) is 0 Å². The van der Waals surface area contributed by atoms with Gasteiger partial charge < -0.3 is 0 Å². The van der Waals surface area contributed by atoms with E-state index in [9.17, 15) is 0 Å². The van der Waals surface area contributed by atoms with Crippen molar-refractivity contribution in [3.05, 3.63) is 24.3 Å². The van der Waals surface area contributed by atoms with Crippen LogP contribution in [0.4, 0.5) is 0 Å². The SMILES string of the molecule is C/C=C/C1CCC(/C=C/CCCC)CC1. The molecule has 0 radical (unpaired) electrons. The highest BCUT2D eigenvalue weighted by Gasteiger charge is 2.16. The van der Waals surface area contributed by atoms with Crippen LogP contribution in [-0.4, -0.2) is 0 Å². The fourth-order valence-electron chi connectivity index (χ4n) is 2.41. The van der Waals surface area contributed by atoms with E-state index < -0.39 is 0 Å². The second-order valence-corrected chi connectivity index (χ2v) is 4.77. The van der Waals surface area contributed by atoms with Gasteiger partial charge >= 0.3 is 0 Å². The number of hydrogen-bond acceptors (Lipinski definition) is 0. The van der Waals surface area contributed by atoms with Crippen LogP contribution in [0, 0.1) is 11.8 Å². The molecule has 1 saturated carbocycles. The van der Waals surface area contributed by atoms with Gasteiger partial charge in [-0.2, -0.15) is 0 Å². The zero-order valence-corrected chi connectivity index (χ0v) is 10.4. The van der Waals surface area contributed by atoms with Crippen LogP contribution in [0.3, 0.4) is 0 Å². The van der Waals surface area contributed by atoms with Gasteiger partial charge in [-0.3, -0.25) is 0 Å². The Morgan fingerprint density at radius 3 is 2.13 bits per heavy atom. The highest BCUT2D eigenvalue weighted by Crippen LogP contribution is 2.30. The maximum Gasteiger partial charge on any atom is -0.0233 e. The number of rotatable bonds is 5. The van der Waals surface area contributed by atoms with Crippen molar-refractivity contribution in [1.82, 2.24) is 0 Å². The van der Waals surface area contributed by atoms with Crippen molar-refractivity contribution in [2.24, 2.45) is 11.8 Å². The van der Waals surface area contributed by atoms with Crippen molar-refractivity contribution >= 4 is 0 Å². The largest absolute Gasteiger partial charge is 0.0914 e. The molecular formula is C15H26. The fraction of sp³-hybridized carbons (Fsp3) is 0.733. The molecule has 0 saturated heterocycles. The van der Waals surface area contributed by atoms with E-state index in [2.05, 4.69) is 38.2 Å². The smallest absolute Gasteiger partial charge is 0.0233 e. The van der Waals surface area contributed by atoms with Crippen LogP contribution in [0.25, 0.3) is 0 Å². The van der Waals surface area contributed by atoms with Crippen molar-refractivity contribution in [2.45, 2.75) is 58.8 Å². The van der Waals surface area contributed by atoms with E-state index in [-0.39, 0.29) is 0 Å². The summed E-state index contributed by atoms with van der Waals surface area (Å²) in [5, 5.41) is 0. The zero-order valence-electron chi connectivity index (χ0n) is 10.4. The summed E-state index contributed by atoms with van der Waals surface area (Å²) in [5.74, 6) is 1.75. The van der Waals surface area contributed by atoms with Gasteiger partial charge in [0.15, 0.2) is 0 Å². The molecule has 1 aliphatic carbocycles. The third-order valence-electron chi connectivity index (χ3n) is 3.41. The summed E-state index contributed by atoms with van der Waals surface area (Å²) in [6.45, 7) is 4.40. The molecule has 1 fully saturated rings. The molecule has 0 aromatic rings. The van der Waals surface area contributed by atoms with Crippen LogP contribution >= 0.6 is 0 Å². The first-order valence-electron chi connectivity index (χ1n) is 6.66. The van der Waals surface area contributed by atoms with Crippen LogP contribution in [0.2, 0.25) is 0 Å². The van der Waals surface area contributed by atoms with Crippen molar-refractivity contribution in [1.29, 1.82) is 0 Å². The number of hydrogen-bond donors (Lipinski definition) is 0. The minimum Gasteiger partial charge on any atom is -0.0914 e. The van der Waals surface area contributed by atoms with Crippen molar-refractivity contribution in [3.63, 3.8) is 0 Å². The molecule has 1 aliphatic rings. The molecule has 0 aromatic heterocycles. The van der Waals surface area contributed by atoms with Crippen LogP contribution in [0.15, 0.2) is 24.3 Å². The lowest BCUT2D eigenvalue weighted by Gasteiger charge is -2.24. The van der Waals surface area contributed by atoms with Gasteiger partial charge in [-0.25, -0.2) is 0 Å². The molecule has 0 aliphatic heterocycles. The third-order valence-corrected chi connectivity index (χ3v) is 3.41. The topological polar surface area (TPSA) is 0 Å². The number of unbranched alkanes of at least 4 members (excludes halogenated alkanes) is 2. The Bertz CT molecular complexity index is 192.